The Morgan fingerprint density at radius 1 is 1.07 bits per heavy atom. The Bertz CT molecular complexity index is 858. The number of carbonyl (C=O) groups is 1. The number of carbonyl (C=O) groups excluding carboxylic acids is 1. The normalized spacial score (nSPS) is 11.6. The van der Waals surface area contributed by atoms with Gasteiger partial charge in [-0.3, -0.25) is 4.79 Å². The molecule has 3 rings (SSSR count). The van der Waals surface area contributed by atoms with Gasteiger partial charge in [-0.25, -0.2) is 0 Å². The first kappa shape index (κ1) is 18.5. The highest BCUT2D eigenvalue weighted by molar-refractivity contribution is 5.92. The molecule has 0 bridgehead atoms. The number of ether oxygens (including phenoxy) is 2. The van der Waals surface area contributed by atoms with Crippen molar-refractivity contribution in [2.75, 3.05) is 13.7 Å². The second kappa shape index (κ2) is 8.91. The standard InChI is InChI=1S/C21H21NO5/c1-25-17-9-7-15(8-10-17)19(23)13-22-21(24)20-16(11-12-26-20)14-27-18-5-3-2-4-6-18/h2-12,19,23H,13-14H2,1H3,(H,22,24). The lowest BCUT2D eigenvalue weighted by Crippen LogP contribution is -2.28. The molecule has 0 saturated heterocycles. The molecule has 1 aromatic heterocycles. The molecule has 0 aliphatic rings. The van der Waals surface area contributed by atoms with E-state index in [1.807, 2.05) is 30.3 Å². The van der Waals surface area contributed by atoms with Gasteiger partial charge in [0, 0.05) is 12.1 Å². The van der Waals surface area contributed by atoms with Gasteiger partial charge in [0.25, 0.3) is 5.91 Å². The maximum Gasteiger partial charge on any atom is 0.287 e. The fraction of sp³-hybridized carbons (Fsp3) is 0.190. The van der Waals surface area contributed by atoms with Crippen LogP contribution in [0.5, 0.6) is 11.5 Å². The zero-order chi connectivity index (χ0) is 19.1. The van der Waals surface area contributed by atoms with E-state index in [4.69, 9.17) is 13.9 Å². The number of amides is 1. The lowest BCUT2D eigenvalue weighted by atomic mass is 10.1. The van der Waals surface area contributed by atoms with Crippen LogP contribution >= 0.6 is 0 Å². The SMILES string of the molecule is COc1ccc(C(O)CNC(=O)c2occc2COc2ccccc2)cc1. The van der Waals surface area contributed by atoms with Gasteiger partial charge in [0.2, 0.25) is 0 Å². The number of nitrogens with one attached hydrogen (secondary N) is 1. The Kier molecular flexibility index (Phi) is 6.12. The van der Waals surface area contributed by atoms with Crippen LogP contribution in [0.3, 0.4) is 0 Å². The quantitative estimate of drug-likeness (QED) is 0.638. The van der Waals surface area contributed by atoms with Crippen LogP contribution in [0.4, 0.5) is 0 Å². The van der Waals surface area contributed by atoms with Gasteiger partial charge in [0.15, 0.2) is 5.76 Å². The number of hydrogen-bond acceptors (Lipinski definition) is 5. The maximum absolute atomic E-state index is 12.4. The molecule has 1 atom stereocenters. The second-order valence-corrected chi connectivity index (χ2v) is 5.88. The highest BCUT2D eigenvalue weighted by Crippen LogP contribution is 2.18. The molecule has 3 aromatic rings. The summed E-state index contributed by atoms with van der Waals surface area (Å²) in [5.41, 5.74) is 1.32. The first-order valence-electron chi connectivity index (χ1n) is 8.52. The van der Waals surface area contributed by atoms with E-state index in [1.54, 1.807) is 37.4 Å². The van der Waals surface area contributed by atoms with Gasteiger partial charge in [-0.05, 0) is 35.9 Å². The predicted octanol–water partition coefficient (Wildman–Crippen LogP) is 3.33. The molecular weight excluding hydrogens is 346 g/mol. The monoisotopic (exact) mass is 367 g/mol. The van der Waals surface area contributed by atoms with Crippen LogP contribution in [0.25, 0.3) is 0 Å². The van der Waals surface area contributed by atoms with Gasteiger partial charge >= 0.3 is 0 Å². The van der Waals surface area contributed by atoms with E-state index < -0.39 is 12.0 Å². The van der Waals surface area contributed by atoms with Crippen molar-refractivity contribution in [1.82, 2.24) is 5.32 Å². The number of aliphatic hydroxyl groups excluding tert-OH is 1. The summed E-state index contributed by atoms with van der Waals surface area (Å²) in [5, 5.41) is 12.9. The molecule has 0 aliphatic heterocycles. The summed E-state index contributed by atoms with van der Waals surface area (Å²) in [6.07, 6.45) is 0.609. The van der Waals surface area contributed by atoms with Crippen molar-refractivity contribution in [3.8, 4) is 11.5 Å². The number of methoxy groups -OCH3 is 1. The van der Waals surface area contributed by atoms with Gasteiger partial charge in [-0.1, -0.05) is 30.3 Å². The Balaban J connectivity index is 1.55. The lowest BCUT2D eigenvalue weighted by molar-refractivity contribution is 0.0885. The molecule has 1 unspecified atom stereocenters. The number of aliphatic hydroxyl groups is 1. The minimum atomic E-state index is -0.834. The Morgan fingerprint density at radius 2 is 1.81 bits per heavy atom. The van der Waals surface area contributed by atoms with Crippen molar-refractivity contribution in [3.63, 3.8) is 0 Å². The molecule has 27 heavy (non-hydrogen) atoms. The van der Waals surface area contributed by atoms with E-state index in [9.17, 15) is 9.90 Å². The number of rotatable bonds is 8. The first-order valence-corrected chi connectivity index (χ1v) is 8.52. The van der Waals surface area contributed by atoms with Crippen molar-refractivity contribution in [1.29, 1.82) is 0 Å². The molecule has 0 fully saturated rings. The van der Waals surface area contributed by atoms with Crippen LogP contribution in [0.2, 0.25) is 0 Å². The Labute approximate surface area is 157 Å². The van der Waals surface area contributed by atoms with Crippen molar-refractivity contribution >= 4 is 5.91 Å². The molecule has 1 heterocycles. The van der Waals surface area contributed by atoms with E-state index in [0.29, 0.717) is 22.6 Å². The summed E-state index contributed by atoms with van der Waals surface area (Å²) < 4.78 is 16.0. The summed E-state index contributed by atoms with van der Waals surface area (Å²) in [6, 6.07) is 18.0. The number of benzene rings is 2. The topological polar surface area (TPSA) is 80.9 Å². The van der Waals surface area contributed by atoms with Crippen LogP contribution in [0.15, 0.2) is 71.3 Å². The van der Waals surface area contributed by atoms with Gasteiger partial charge in [-0.15, -0.1) is 0 Å². The Morgan fingerprint density at radius 3 is 2.52 bits per heavy atom. The van der Waals surface area contributed by atoms with Crippen LogP contribution in [-0.4, -0.2) is 24.7 Å². The third-order valence-corrected chi connectivity index (χ3v) is 4.05. The third-order valence-electron chi connectivity index (χ3n) is 4.05. The zero-order valence-electron chi connectivity index (χ0n) is 14.9. The second-order valence-electron chi connectivity index (χ2n) is 5.88. The molecular formula is C21H21NO5. The van der Waals surface area contributed by atoms with Gasteiger partial charge in [0.1, 0.15) is 18.1 Å². The number of furan rings is 1. The summed E-state index contributed by atoms with van der Waals surface area (Å²) in [7, 11) is 1.58. The summed E-state index contributed by atoms with van der Waals surface area (Å²) in [6.45, 7) is 0.273. The number of hydrogen-bond donors (Lipinski definition) is 2. The summed E-state index contributed by atoms with van der Waals surface area (Å²) in [5.74, 6) is 1.18. The van der Waals surface area contributed by atoms with Crippen LogP contribution in [0.1, 0.15) is 27.8 Å². The zero-order valence-corrected chi connectivity index (χ0v) is 14.9. The highest BCUT2D eigenvalue weighted by atomic mass is 16.5. The Hall–Kier alpha value is -3.25. The third kappa shape index (κ3) is 4.89. The van der Waals surface area contributed by atoms with Crippen molar-refractivity contribution < 1.29 is 23.8 Å². The predicted molar refractivity (Wildman–Crippen MR) is 99.8 cm³/mol. The van der Waals surface area contributed by atoms with E-state index in [2.05, 4.69) is 5.32 Å². The van der Waals surface area contributed by atoms with E-state index >= 15 is 0 Å². The smallest absolute Gasteiger partial charge is 0.287 e. The molecule has 2 N–H and O–H groups in total. The van der Waals surface area contributed by atoms with Crippen molar-refractivity contribution in [2.45, 2.75) is 12.7 Å². The molecule has 6 nitrogen and oxygen atoms in total. The summed E-state index contributed by atoms with van der Waals surface area (Å²) in [4.78, 5) is 12.4. The minimum Gasteiger partial charge on any atom is -0.497 e. The van der Waals surface area contributed by atoms with E-state index in [1.165, 1.54) is 6.26 Å². The van der Waals surface area contributed by atoms with Gasteiger partial charge in [-0.2, -0.15) is 0 Å². The average Bonchev–Trinajstić information content (AvgIpc) is 3.20. The fourth-order valence-electron chi connectivity index (χ4n) is 2.54. The van der Waals surface area contributed by atoms with E-state index in [-0.39, 0.29) is 18.9 Å². The molecule has 1 amide bonds. The average molecular weight is 367 g/mol. The van der Waals surface area contributed by atoms with Crippen LogP contribution in [0, 0.1) is 0 Å². The maximum atomic E-state index is 12.4. The van der Waals surface area contributed by atoms with E-state index in [0.717, 1.165) is 0 Å². The minimum absolute atomic E-state index is 0.0604. The molecule has 0 aliphatic carbocycles. The van der Waals surface area contributed by atoms with Crippen molar-refractivity contribution in [2.24, 2.45) is 0 Å². The lowest BCUT2D eigenvalue weighted by Gasteiger charge is -2.13. The van der Waals surface area contributed by atoms with Gasteiger partial charge < -0.3 is 24.3 Å². The molecule has 0 saturated carbocycles. The fourth-order valence-corrected chi connectivity index (χ4v) is 2.54. The molecule has 6 heteroatoms. The summed E-state index contributed by atoms with van der Waals surface area (Å²) >= 11 is 0. The van der Waals surface area contributed by atoms with Crippen LogP contribution < -0.4 is 14.8 Å². The largest absolute Gasteiger partial charge is 0.497 e. The van der Waals surface area contributed by atoms with Gasteiger partial charge in [0.05, 0.1) is 19.5 Å². The molecule has 0 spiro atoms. The van der Waals surface area contributed by atoms with Crippen LogP contribution in [-0.2, 0) is 6.61 Å². The number of para-hydroxylation sites is 1. The highest BCUT2D eigenvalue weighted by Gasteiger charge is 2.17. The first-order chi connectivity index (χ1) is 13.2. The molecule has 140 valence electrons. The van der Waals surface area contributed by atoms with Crippen molar-refractivity contribution in [3.05, 3.63) is 83.8 Å². The molecule has 2 aromatic carbocycles. The molecule has 0 radical (unpaired) electrons.